The van der Waals surface area contributed by atoms with Crippen LogP contribution in [0.1, 0.15) is 38.5 Å². The first-order valence-corrected chi connectivity index (χ1v) is 8.64. The lowest BCUT2D eigenvalue weighted by molar-refractivity contribution is 0.0297. The molecule has 3 atom stereocenters. The smallest absolute Gasteiger partial charge is 0.142 e. The number of anilines is 1. The molecule has 1 saturated carbocycles. The molecular formula is C18H26N2O. The summed E-state index contributed by atoms with van der Waals surface area (Å²) in [5.41, 5.74) is 1.14. The van der Waals surface area contributed by atoms with Crippen LogP contribution in [0.15, 0.2) is 24.3 Å². The number of fused-ring (bicyclic) bond motifs is 2. The number of likely N-dealkylation sites (tertiary alicyclic amines) is 1. The molecule has 1 unspecified atom stereocenters. The lowest BCUT2D eigenvalue weighted by atomic mass is 9.78. The molecular weight excluding hydrogens is 260 g/mol. The van der Waals surface area contributed by atoms with Gasteiger partial charge in [0.1, 0.15) is 11.9 Å². The molecule has 1 aromatic carbocycles. The Balaban J connectivity index is 1.42. The average molecular weight is 286 g/mol. The highest BCUT2D eigenvalue weighted by Gasteiger charge is 2.34. The highest BCUT2D eigenvalue weighted by atomic mass is 16.5. The summed E-state index contributed by atoms with van der Waals surface area (Å²) in [6.07, 6.45) is 8.84. The lowest BCUT2D eigenvalue weighted by Crippen LogP contribution is -2.51. The van der Waals surface area contributed by atoms with Crippen molar-refractivity contribution in [2.24, 2.45) is 5.92 Å². The first-order chi connectivity index (χ1) is 10.4. The summed E-state index contributed by atoms with van der Waals surface area (Å²) in [5, 5.41) is 3.52. The first-order valence-electron chi connectivity index (χ1n) is 8.64. The van der Waals surface area contributed by atoms with Crippen LogP contribution in [0.25, 0.3) is 0 Å². The number of hydrogen-bond donors (Lipinski definition) is 1. The minimum absolute atomic E-state index is 0.292. The van der Waals surface area contributed by atoms with Gasteiger partial charge < -0.3 is 10.1 Å². The van der Waals surface area contributed by atoms with Crippen LogP contribution < -0.4 is 10.1 Å². The summed E-state index contributed by atoms with van der Waals surface area (Å²) < 4.78 is 6.21. The zero-order valence-corrected chi connectivity index (χ0v) is 12.8. The molecule has 0 radical (unpaired) electrons. The van der Waals surface area contributed by atoms with Gasteiger partial charge in [-0.15, -0.1) is 0 Å². The van der Waals surface area contributed by atoms with Crippen molar-refractivity contribution in [2.75, 3.05) is 25.0 Å². The fraction of sp³-hybridized carbons (Fsp3) is 0.667. The number of nitrogens with one attached hydrogen (secondary N) is 1. The van der Waals surface area contributed by atoms with E-state index in [4.69, 9.17) is 4.74 Å². The van der Waals surface area contributed by atoms with Gasteiger partial charge >= 0.3 is 0 Å². The van der Waals surface area contributed by atoms with Crippen LogP contribution in [-0.2, 0) is 0 Å². The summed E-state index contributed by atoms with van der Waals surface area (Å²) in [4.78, 5) is 2.73. The summed E-state index contributed by atoms with van der Waals surface area (Å²) >= 11 is 0. The Morgan fingerprint density at radius 3 is 2.95 bits per heavy atom. The van der Waals surface area contributed by atoms with Gasteiger partial charge in [0, 0.05) is 12.6 Å². The molecule has 1 saturated heterocycles. The highest BCUT2D eigenvalue weighted by Crippen LogP contribution is 2.36. The first kappa shape index (κ1) is 13.4. The molecule has 1 aromatic rings. The number of rotatable bonds is 2. The zero-order chi connectivity index (χ0) is 14.1. The Labute approximate surface area is 127 Å². The van der Waals surface area contributed by atoms with Gasteiger partial charge in [0.2, 0.25) is 0 Å². The quantitative estimate of drug-likeness (QED) is 0.900. The Kier molecular flexibility index (Phi) is 3.76. The van der Waals surface area contributed by atoms with Gasteiger partial charge in [-0.05, 0) is 50.3 Å². The third-order valence-corrected chi connectivity index (χ3v) is 5.50. The maximum Gasteiger partial charge on any atom is 0.142 e. The fourth-order valence-electron chi connectivity index (χ4n) is 4.48. The van der Waals surface area contributed by atoms with Crippen LogP contribution in [0.5, 0.6) is 5.75 Å². The zero-order valence-electron chi connectivity index (χ0n) is 12.8. The molecule has 3 heteroatoms. The van der Waals surface area contributed by atoms with E-state index in [1.165, 1.54) is 45.1 Å². The SMILES string of the molecule is c1ccc2c(c1)NCC(CN1CCC[C@H]3CCCC[C@H]31)O2. The number of hydrogen-bond acceptors (Lipinski definition) is 3. The van der Waals surface area contributed by atoms with Crippen LogP contribution in [-0.4, -0.2) is 36.7 Å². The van der Waals surface area contributed by atoms with Crippen LogP contribution in [0, 0.1) is 5.92 Å². The third-order valence-electron chi connectivity index (χ3n) is 5.50. The molecule has 2 fully saturated rings. The Morgan fingerprint density at radius 2 is 1.95 bits per heavy atom. The van der Waals surface area contributed by atoms with Crippen LogP contribution >= 0.6 is 0 Å². The van der Waals surface area contributed by atoms with Gasteiger partial charge in [-0.25, -0.2) is 0 Å². The van der Waals surface area contributed by atoms with Crippen molar-refractivity contribution in [3.63, 3.8) is 0 Å². The van der Waals surface area contributed by atoms with E-state index < -0.39 is 0 Å². The van der Waals surface area contributed by atoms with Crippen molar-refractivity contribution in [2.45, 2.75) is 50.7 Å². The standard InChI is InChI=1S/C18H26N2O/c1-3-9-17-14(6-1)7-5-11-20(17)13-15-12-19-16-8-2-4-10-18(16)21-15/h2,4,8,10,14-15,17,19H,1,3,5-7,9,11-13H2/t14-,15?,17-/m1/s1. The van der Waals surface area contributed by atoms with Crippen molar-refractivity contribution in [3.8, 4) is 5.75 Å². The molecule has 1 N–H and O–H groups in total. The van der Waals surface area contributed by atoms with Crippen LogP contribution in [0.2, 0.25) is 0 Å². The summed E-state index contributed by atoms with van der Waals surface area (Å²) in [6, 6.07) is 9.12. The van der Waals surface area contributed by atoms with Crippen molar-refractivity contribution in [3.05, 3.63) is 24.3 Å². The van der Waals surface area contributed by atoms with E-state index >= 15 is 0 Å². The lowest BCUT2D eigenvalue weighted by Gasteiger charge is -2.45. The molecule has 2 aliphatic heterocycles. The minimum atomic E-state index is 0.292. The van der Waals surface area contributed by atoms with E-state index in [-0.39, 0.29) is 0 Å². The Bertz CT molecular complexity index is 488. The second kappa shape index (κ2) is 5.88. The van der Waals surface area contributed by atoms with E-state index in [1.54, 1.807) is 0 Å². The molecule has 114 valence electrons. The molecule has 21 heavy (non-hydrogen) atoms. The summed E-state index contributed by atoms with van der Waals surface area (Å²) in [7, 11) is 0. The molecule has 3 nitrogen and oxygen atoms in total. The third kappa shape index (κ3) is 2.76. The van der Waals surface area contributed by atoms with Gasteiger partial charge in [-0.1, -0.05) is 25.0 Å². The second-order valence-electron chi connectivity index (χ2n) is 6.87. The highest BCUT2D eigenvalue weighted by molar-refractivity contribution is 5.57. The van der Waals surface area contributed by atoms with Gasteiger partial charge in [0.25, 0.3) is 0 Å². The van der Waals surface area contributed by atoms with E-state index in [2.05, 4.69) is 34.5 Å². The van der Waals surface area contributed by atoms with Crippen molar-refractivity contribution in [1.29, 1.82) is 0 Å². The molecule has 0 bridgehead atoms. The molecule has 0 spiro atoms. The van der Waals surface area contributed by atoms with Gasteiger partial charge in [0.05, 0.1) is 12.2 Å². The molecule has 0 amide bonds. The topological polar surface area (TPSA) is 24.5 Å². The summed E-state index contributed by atoms with van der Waals surface area (Å²) in [5.74, 6) is 1.97. The Morgan fingerprint density at radius 1 is 1.10 bits per heavy atom. The van der Waals surface area contributed by atoms with E-state index in [0.717, 1.165) is 36.5 Å². The van der Waals surface area contributed by atoms with Gasteiger partial charge in [0.15, 0.2) is 0 Å². The van der Waals surface area contributed by atoms with Gasteiger partial charge in [-0.3, -0.25) is 4.90 Å². The van der Waals surface area contributed by atoms with E-state index in [1.807, 2.05) is 0 Å². The predicted octanol–water partition coefficient (Wildman–Crippen LogP) is 3.51. The number of piperidine rings is 1. The van der Waals surface area contributed by atoms with E-state index in [9.17, 15) is 0 Å². The van der Waals surface area contributed by atoms with Crippen molar-refractivity contribution < 1.29 is 4.74 Å². The molecule has 4 rings (SSSR count). The monoisotopic (exact) mass is 286 g/mol. The summed E-state index contributed by atoms with van der Waals surface area (Å²) in [6.45, 7) is 3.29. The van der Waals surface area contributed by atoms with Crippen LogP contribution in [0.3, 0.4) is 0 Å². The second-order valence-corrected chi connectivity index (χ2v) is 6.87. The normalized spacial score (nSPS) is 32.5. The van der Waals surface area contributed by atoms with Crippen LogP contribution in [0.4, 0.5) is 5.69 Å². The molecule has 2 heterocycles. The Hall–Kier alpha value is -1.22. The van der Waals surface area contributed by atoms with Gasteiger partial charge in [-0.2, -0.15) is 0 Å². The largest absolute Gasteiger partial charge is 0.485 e. The maximum atomic E-state index is 6.21. The predicted molar refractivity (Wildman–Crippen MR) is 85.9 cm³/mol. The number of para-hydroxylation sites is 2. The minimum Gasteiger partial charge on any atom is -0.485 e. The maximum absolute atomic E-state index is 6.21. The number of nitrogens with zero attached hydrogens (tertiary/aromatic N) is 1. The fourth-order valence-corrected chi connectivity index (χ4v) is 4.48. The van der Waals surface area contributed by atoms with Crippen molar-refractivity contribution >= 4 is 5.69 Å². The number of benzene rings is 1. The average Bonchev–Trinajstić information content (AvgIpc) is 2.55. The number of ether oxygens (including phenoxy) is 1. The molecule has 0 aromatic heterocycles. The molecule has 1 aliphatic carbocycles. The molecule has 3 aliphatic rings. The van der Waals surface area contributed by atoms with E-state index in [0.29, 0.717) is 6.10 Å². The van der Waals surface area contributed by atoms with Crippen molar-refractivity contribution in [1.82, 2.24) is 4.90 Å².